The standard InChI is InChI=1S/C26H31ClN6O4/c1-32(2)12-13-33(3)26(36)17-6-4-16(5-7-17)24(34)31-22-19-15-28-11-10-20(19)37-23(22)25(35)30-21-9-8-18(27)14-29-21/h8-11,14-17H,4-7,12-13H2,1-3H3,(H,31,34)(H,29,30,35). The van der Waals surface area contributed by atoms with Crippen LogP contribution in [-0.2, 0) is 9.59 Å². The largest absolute Gasteiger partial charge is 0.448 e. The third-order valence-corrected chi connectivity index (χ3v) is 6.84. The molecule has 3 aromatic heterocycles. The van der Waals surface area contributed by atoms with E-state index in [1.54, 1.807) is 35.5 Å². The molecule has 0 aliphatic heterocycles. The highest BCUT2D eigenvalue weighted by atomic mass is 35.5. The maximum Gasteiger partial charge on any atom is 0.294 e. The molecule has 0 aromatic carbocycles. The van der Waals surface area contributed by atoms with Gasteiger partial charge in [-0.3, -0.25) is 19.4 Å². The molecule has 1 aliphatic carbocycles. The summed E-state index contributed by atoms with van der Waals surface area (Å²) in [4.78, 5) is 51.1. The van der Waals surface area contributed by atoms with Crippen LogP contribution in [0.25, 0.3) is 11.0 Å². The number of nitrogens with zero attached hydrogens (tertiary/aromatic N) is 4. The van der Waals surface area contributed by atoms with Crippen molar-refractivity contribution in [3.8, 4) is 0 Å². The highest BCUT2D eigenvalue weighted by molar-refractivity contribution is 6.30. The van der Waals surface area contributed by atoms with Crippen molar-refractivity contribution in [2.45, 2.75) is 25.7 Å². The molecule has 0 radical (unpaired) electrons. The second-order valence-electron chi connectivity index (χ2n) is 9.59. The summed E-state index contributed by atoms with van der Waals surface area (Å²) in [5, 5.41) is 6.54. The Labute approximate surface area is 220 Å². The van der Waals surface area contributed by atoms with E-state index in [2.05, 4.69) is 20.6 Å². The predicted molar refractivity (Wildman–Crippen MR) is 141 cm³/mol. The maximum atomic E-state index is 13.2. The molecule has 1 saturated carbocycles. The summed E-state index contributed by atoms with van der Waals surface area (Å²) >= 11 is 5.87. The summed E-state index contributed by atoms with van der Waals surface area (Å²) in [5.41, 5.74) is 0.691. The zero-order valence-electron chi connectivity index (χ0n) is 21.2. The van der Waals surface area contributed by atoms with Gasteiger partial charge in [-0.1, -0.05) is 11.6 Å². The number of halogens is 1. The molecule has 3 amide bonds. The molecule has 3 aromatic rings. The van der Waals surface area contributed by atoms with E-state index >= 15 is 0 Å². The molecule has 1 aliphatic rings. The fourth-order valence-electron chi connectivity index (χ4n) is 4.45. The SMILES string of the molecule is CN(C)CCN(C)C(=O)C1CCC(C(=O)Nc2c(C(=O)Nc3ccc(Cl)cn3)oc3ccncc23)CC1. The van der Waals surface area contributed by atoms with Crippen LogP contribution in [0.15, 0.2) is 41.2 Å². The van der Waals surface area contributed by atoms with Crippen molar-refractivity contribution in [1.29, 1.82) is 0 Å². The van der Waals surface area contributed by atoms with Crippen molar-refractivity contribution in [1.82, 2.24) is 19.8 Å². The van der Waals surface area contributed by atoms with E-state index in [4.69, 9.17) is 16.0 Å². The first-order chi connectivity index (χ1) is 17.7. The summed E-state index contributed by atoms with van der Waals surface area (Å²) in [7, 11) is 5.78. The van der Waals surface area contributed by atoms with Gasteiger partial charge in [0, 0.05) is 50.6 Å². The molecule has 196 valence electrons. The van der Waals surface area contributed by atoms with Crippen molar-refractivity contribution >= 4 is 51.8 Å². The number of furan rings is 1. The summed E-state index contributed by atoms with van der Waals surface area (Å²) in [6, 6.07) is 4.81. The number of aromatic nitrogens is 2. The molecule has 0 spiro atoms. The first-order valence-corrected chi connectivity index (χ1v) is 12.6. The maximum absolute atomic E-state index is 13.2. The number of hydrogen-bond donors (Lipinski definition) is 2. The molecule has 0 atom stereocenters. The van der Waals surface area contributed by atoms with Crippen LogP contribution in [0.5, 0.6) is 0 Å². The monoisotopic (exact) mass is 526 g/mol. The van der Waals surface area contributed by atoms with Gasteiger partial charge in [0.25, 0.3) is 5.91 Å². The van der Waals surface area contributed by atoms with Crippen LogP contribution >= 0.6 is 11.6 Å². The Hall–Kier alpha value is -3.50. The van der Waals surface area contributed by atoms with E-state index in [1.807, 2.05) is 26.0 Å². The zero-order chi connectivity index (χ0) is 26.5. The topological polar surface area (TPSA) is 121 Å². The molecule has 2 N–H and O–H groups in total. The number of carbonyl (C=O) groups is 3. The van der Waals surface area contributed by atoms with E-state index in [-0.39, 0.29) is 35.1 Å². The lowest BCUT2D eigenvalue weighted by Crippen LogP contribution is -2.39. The highest BCUT2D eigenvalue weighted by Crippen LogP contribution is 2.34. The molecule has 4 rings (SSSR count). The molecule has 0 unspecified atom stereocenters. The van der Waals surface area contributed by atoms with Crippen LogP contribution in [-0.4, -0.2) is 71.7 Å². The van der Waals surface area contributed by atoms with Crippen molar-refractivity contribution < 1.29 is 18.8 Å². The third kappa shape index (κ3) is 6.44. The van der Waals surface area contributed by atoms with Crippen molar-refractivity contribution in [3.05, 3.63) is 47.6 Å². The van der Waals surface area contributed by atoms with Crippen LogP contribution in [0.4, 0.5) is 11.5 Å². The van der Waals surface area contributed by atoms with Gasteiger partial charge < -0.3 is 24.9 Å². The quantitative estimate of drug-likeness (QED) is 0.456. The second-order valence-corrected chi connectivity index (χ2v) is 10.0. The van der Waals surface area contributed by atoms with Crippen LogP contribution in [0, 0.1) is 11.8 Å². The predicted octanol–water partition coefficient (Wildman–Crippen LogP) is 3.89. The number of pyridine rings is 2. The smallest absolute Gasteiger partial charge is 0.294 e. The summed E-state index contributed by atoms with van der Waals surface area (Å²) < 4.78 is 5.79. The van der Waals surface area contributed by atoms with Crippen molar-refractivity contribution in [3.63, 3.8) is 0 Å². The van der Waals surface area contributed by atoms with E-state index in [0.717, 1.165) is 6.54 Å². The molecule has 3 heterocycles. The van der Waals surface area contributed by atoms with E-state index in [9.17, 15) is 14.4 Å². The number of amides is 3. The zero-order valence-corrected chi connectivity index (χ0v) is 21.9. The fraction of sp³-hybridized carbons (Fsp3) is 0.423. The molecule has 0 bridgehead atoms. The summed E-state index contributed by atoms with van der Waals surface area (Å²) in [6.07, 6.45) is 6.99. The van der Waals surface area contributed by atoms with Gasteiger partial charge in [0.1, 0.15) is 17.1 Å². The molecule has 11 heteroatoms. The van der Waals surface area contributed by atoms with Crippen molar-refractivity contribution in [2.75, 3.05) is 44.9 Å². The number of rotatable bonds is 8. The molecule has 0 saturated heterocycles. The lowest BCUT2D eigenvalue weighted by Gasteiger charge is -2.30. The van der Waals surface area contributed by atoms with Gasteiger partial charge in [0.05, 0.1) is 10.4 Å². The van der Waals surface area contributed by atoms with Gasteiger partial charge in [-0.2, -0.15) is 0 Å². The normalized spacial score (nSPS) is 17.5. The Balaban J connectivity index is 1.43. The summed E-state index contributed by atoms with van der Waals surface area (Å²) in [6.45, 7) is 1.47. The van der Waals surface area contributed by atoms with Crippen molar-refractivity contribution in [2.24, 2.45) is 11.8 Å². The van der Waals surface area contributed by atoms with E-state index < -0.39 is 5.91 Å². The highest BCUT2D eigenvalue weighted by Gasteiger charge is 2.32. The average Bonchev–Trinajstić information content (AvgIpc) is 3.26. The minimum Gasteiger partial charge on any atom is -0.448 e. The van der Waals surface area contributed by atoms with Crippen LogP contribution in [0.1, 0.15) is 36.2 Å². The average molecular weight is 527 g/mol. The Morgan fingerprint density at radius 3 is 2.41 bits per heavy atom. The van der Waals surface area contributed by atoms with Gasteiger partial charge in [-0.25, -0.2) is 4.98 Å². The summed E-state index contributed by atoms with van der Waals surface area (Å²) in [5.74, 6) is -0.742. The van der Waals surface area contributed by atoms with Crippen LogP contribution in [0.3, 0.4) is 0 Å². The molecule has 37 heavy (non-hydrogen) atoms. The lowest BCUT2D eigenvalue weighted by molar-refractivity contribution is -0.136. The minimum atomic E-state index is -0.559. The lowest BCUT2D eigenvalue weighted by atomic mass is 9.81. The van der Waals surface area contributed by atoms with Gasteiger partial charge in [0.2, 0.25) is 17.6 Å². The number of carbonyl (C=O) groups excluding carboxylic acids is 3. The Morgan fingerprint density at radius 1 is 1.00 bits per heavy atom. The van der Waals surface area contributed by atoms with Crippen LogP contribution in [0.2, 0.25) is 5.02 Å². The van der Waals surface area contributed by atoms with Gasteiger partial charge >= 0.3 is 0 Å². The Kier molecular flexibility index (Phi) is 8.40. The molecular weight excluding hydrogens is 496 g/mol. The number of likely N-dealkylation sites (N-methyl/N-ethyl adjacent to an activating group) is 2. The number of nitrogens with one attached hydrogen (secondary N) is 2. The Morgan fingerprint density at radius 2 is 1.73 bits per heavy atom. The second kappa shape index (κ2) is 11.7. The Bertz CT molecular complexity index is 1270. The van der Waals surface area contributed by atoms with E-state index in [0.29, 0.717) is 54.0 Å². The molecular formula is C26H31ClN6O4. The number of anilines is 2. The first-order valence-electron chi connectivity index (χ1n) is 12.2. The van der Waals surface area contributed by atoms with Gasteiger partial charge in [0.15, 0.2) is 0 Å². The van der Waals surface area contributed by atoms with Gasteiger partial charge in [-0.15, -0.1) is 0 Å². The van der Waals surface area contributed by atoms with E-state index in [1.165, 1.54) is 6.20 Å². The van der Waals surface area contributed by atoms with Crippen LogP contribution < -0.4 is 10.6 Å². The fourth-order valence-corrected chi connectivity index (χ4v) is 4.56. The first kappa shape index (κ1) is 26.6. The molecule has 1 fully saturated rings. The number of hydrogen-bond acceptors (Lipinski definition) is 7. The molecule has 10 nitrogen and oxygen atoms in total. The minimum absolute atomic E-state index is 0.0421. The third-order valence-electron chi connectivity index (χ3n) is 6.62. The number of fused-ring (bicyclic) bond motifs is 1. The van der Waals surface area contributed by atoms with Gasteiger partial charge in [-0.05, 0) is 58.0 Å².